The highest BCUT2D eigenvalue weighted by Gasteiger charge is 2.25. The zero-order valence-electron chi connectivity index (χ0n) is 24.1. The third kappa shape index (κ3) is 12.1. The second-order valence-corrected chi connectivity index (χ2v) is 11.0. The Hall–Kier alpha value is -3.81. The molecule has 0 saturated carbocycles. The summed E-state index contributed by atoms with van der Waals surface area (Å²) < 4.78 is 22.3. The third-order valence-electron chi connectivity index (χ3n) is 4.99. The molecule has 0 saturated heterocycles. The largest absolute Gasteiger partial charge is 0.494 e. The number of carbonyl (C=O) groups is 3. The van der Waals surface area contributed by atoms with Gasteiger partial charge in [0.1, 0.15) is 17.0 Å². The molecule has 0 bridgehead atoms. The molecule has 1 N–H and O–H groups in total. The van der Waals surface area contributed by atoms with E-state index >= 15 is 0 Å². The first-order chi connectivity index (χ1) is 18.3. The van der Waals surface area contributed by atoms with E-state index in [1.54, 1.807) is 90.1 Å². The van der Waals surface area contributed by atoms with Crippen molar-refractivity contribution in [2.24, 2.45) is 0 Å². The molecule has 212 valence electrons. The molecule has 0 aliphatic rings. The summed E-state index contributed by atoms with van der Waals surface area (Å²) in [5.74, 6) is -1.52. The lowest BCUT2D eigenvalue weighted by molar-refractivity contribution is -0.154. The molecule has 0 aliphatic heterocycles. The summed E-state index contributed by atoms with van der Waals surface area (Å²) in [6.07, 6.45) is 5.41. The monoisotopic (exact) mass is 539 g/mol. The van der Waals surface area contributed by atoms with Crippen LogP contribution in [0.5, 0.6) is 11.5 Å². The number of para-hydroxylation sites is 2. The van der Waals surface area contributed by atoms with Gasteiger partial charge in [-0.15, -0.1) is 0 Å². The first kappa shape index (κ1) is 31.4. The first-order valence-electron chi connectivity index (χ1n) is 13.3. The molecular weight excluding hydrogens is 498 g/mol. The Labute approximate surface area is 231 Å². The van der Waals surface area contributed by atoms with Crippen molar-refractivity contribution in [3.8, 4) is 11.5 Å². The number of anilines is 1. The minimum Gasteiger partial charge on any atom is -0.494 e. The lowest BCUT2D eigenvalue weighted by atomic mass is 10.2. The standard InChI is InChI=1S/C31H41NO7/c1-8-9-10-13-20-36-23-18-16-22(17-19-23)28(34)32-24-14-11-12-15-25(24)37-26(29(35)39-31(5,6)7)21-27(33)38-30(2,3)4/h11-12,14-19,21H,8-10,13,20H2,1-7H3,(H,32,34)/b26-21-. The topological polar surface area (TPSA) is 100 Å². The smallest absolute Gasteiger partial charge is 0.375 e. The van der Waals surface area contributed by atoms with E-state index in [0.717, 1.165) is 18.9 Å². The third-order valence-corrected chi connectivity index (χ3v) is 4.99. The molecule has 2 rings (SSSR count). The van der Waals surface area contributed by atoms with Crippen molar-refractivity contribution in [3.05, 3.63) is 65.9 Å². The van der Waals surface area contributed by atoms with Crippen molar-refractivity contribution >= 4 is 23.5 Å². The Morgan fingerprint density at radius 3 is 2.08 bits per heavy atom. The van der Waals surface area contributed by atoms with Gasteiger partial charge in [0.2, 0.25) is 5.76 Å². The SMILES string of the molecule is CCCCCCOc1ccc(C(=O)Nc2ccccc2O/C(=C\C(=O)OC(C)(C)C)C(=O)OC(C)(C)C)cc1. The van der Waals surface area contributed by atoms with Gasteiger partial charge in [-0.1, -0.05) is 38.3 Å². The molecule has 0 atom stereocenters. The first-order valence-corrected chi connectivity index (χ1v) is 13.3. The fraction of sp³-hybridized carbons (Fsp3) is 0.452. The van der Waals surface area contributed by atoms with Crippen LogP contribution in [0.4, 0.5) is 5.69 Å². The van der Waals surface area contributed by atoms with E-state index in [-0.39, 0.29) is 17.4 Å². The molecule has 0 heterocycles. The van der Waals surface area contributed by atoms with E-state index in [9.17, 15) is 14.4 Å². The average Bonchev–Trinajstić information content (AvgIpc) is 2.82. The normalized spacial score (nSPS) is 11.9. The fourth-order valence-electron chi connectivity index (χ4n) is 3.29. The van der Waals surface area contributed by atoms with Crippen LogP contribution in [0.1, 0.15) is 84.5 Å². The molecule has 39 heavy (non-hydrogen) atoms. The second-order valence-electron chi connectivity index (χ2n) is 11.0. The van der Waals surface area contributed by atoms with E-state index < -0.39 is 23.1 Å². The number of carbonyl (C=O) groups excluding carboxylic acids is 3. The number of esters is 2. The highest BCUT2D eigenvalue weighted by atomic mass is 16.6. The number of nitrogens with one attached hydrogen (secondary N) is 1. The van der Waals surface area contributed by atoms with Gasteiger partial charge in [0.05, 0.1) is 18.4 Å². The van der Waals surface area contributed by atoms with Gasteiger partial charge >= 0.3 is 11.9 Å². The summed E-state index contributed by atoms with van der Waals surface area (Å²) in [5.41, 5.74) is -0.877. The van der Waals surface area contributed by atoms with Crippen molar-refractivity contribution in [1.82, 2.24) is 0 Å². The van der Waals surface area contributed by atoms with Crippen LogP contribution in [0.3, 0.4) is 0 Å². The Kier molecular flexibility index (Phi) is 11.6. The van der Waals surface area contributed by atoms with E-state index in [1.807, 2.05) is 0 Å². The van der Waals surface area contributed by atoms with Gasteiger partial charge in [0.25, 0.3) is 5.91 Å². The fourth-order valence-corrected chi connectivity index (χ4v) is 3.29. The van der Waals surface area contributed by atoms with Crippen LogP contribution in [0.25, 0.3) is 0 Å². The Morgan fingerprint density at radius 1 is 0.821 bits per heavy atom. The molecule has 2 aromatic carbocycles. The maximum Gasteiger partial charge on any atom is 0.375 e. The average molecular weight is 540 g/mol. The molecule has 0 fully saturated rings. The van der Waals surface area contributed by atoms with Gasteiger partial charge < -0.3 is 24.3 Å². The lowest BCUT2D eigenvalue weighted by Crippen LogP contribution is -2.28. The number of hydrogen-bond acceptors (Lipinski definition) is 7. The quantitative estimate of drug-likeness (QED) is 0.136. The molecular formula is C31H41NO7. The number of amides is 1. The molecule has 0 aromatic heterocycles. The van der Waals surface area contributed by atoms with Gasteiger partial charge in [0.15, 0.2) is 5.75 Å². The summed E-state index contributed by atoms with van der Waals surface area (Å²) in [7, 11) is 0. The molecule has 0 spiro atoms. The predicted octanol–water partition coefficient (Wildman–Crippen LogP) is 6.84. The van der Waals surface area contributed by atoms with Gasteiger partial charge in [-0.25, -0.2) is 9.59 Å². The summed E-state index contributed by atoms with van der Waals surface area (Å²) in [6, 6.07) is 13.4. The van der Waals surface area contributed by atoms with Crippen molar-refractivity contribution < 1.29 is 33.3 Å². The minimum atomic E-state index is -0.847. The van der Waals surface area contributed by atoms with Crippen molar-refractivity contribution in [3.63, 3.8) is 0 Å². The summed E-state index contributed by atoms with van der Waals surface area (Å²) >= 11 is 0. The Bertz CT molecular complexity index is 1140. The van der Waals surface area contributed by atoms with Gasteiger partial charge in [0, 0.05) is 5.56 Å². The number of rotatable bonds is 12. The Morgan fingerprint density at radius 2 is 1.46 bits per heavy atom. The number of unbranched alkanes of at least 4 members (excludes halogenated alkanes) is 3. The highest BCUT2D eigenvalue weighted by molar-refractivity contribution is 6.05. The van der Waals surface area contributed by atoms with E-state index in [4.69, 9.17) is 18.9 Å². The number of benzene rings is 2. The molecule has 1 amide bonds. The van der Waals surface area contributed by atoms with Gasteiger partial charge in [-0.2, -0.15) is 0 Å². The summed E-state index contributed by atoms with van der Waals surface area (Å²) in [6.45, 7) is 13.0. The van der Waals surface area contributed by atoms with Crippen LogP contribution in [-0.4, -0.2) is 35.7 Å². The lowest BCUT2D eigenvalue weighted by Gasteiger charge is -2.22. The van der Waals surface area contributed by atoms with Crippen molar-refractivity contribution in [2.75, 3.05) is 11.9 Å². The van der Waals surface area contributed by atoms with E-state index in [2.05, 4.69) is 12.2 Å². The minimum absolute atomic E-state index is 0.151. The van der Waals surface area contributed by atoms with Gasteiger partial charge in [-0.05, 0) is 84.4 Å². The van der Waals surface area contributed by atoms with Crippen LogP contribution in [-0.2, 0) is 19.1 Å². The molecule has 2 aromatic rings. The van der Waals surface area contributed by atoms with Crippen LogP contribution in [0.2, 0.25) is 0 Å². The predicted molar refractivity (Wildman–Crippen MR) is 151 cm³/mol. The van der Waals surface area contributed by atoms with Crippen molar-refractivity contribution in [1.29, 1.82) is 0 Å². The number of hydrogen-bond donors (Lipinski definition) is 1. The van der Waals surface area contributed by atoms with Crippen molar-refractivity contribution in [2.45, 2.75) is 85.4 Å². The molecule has 0 unspecified atom stereocenters. The second kappa shape index (κ2) is 14.4. The molecule has 8 nitrogen and oxygen atoms in total. The molecule has 0 aliphatic carbocycles. The number of ether oxygens (including phenoxy) is 4. The highest BCUT2D eigenvalue weighted by Crippen LogP contribution is 2.28. The summed E-state index contributed by atoms with van der Waals surface area (Å²) in [4.78, 5) is 38.3. The van der Waals surface area contributed by atoms with Crippen LogP contribution >= 0.6 is 0 Å². The maximum atomic E-state index is 13.0. The van der Waals surface area contributed by atoms with Crippen LogP contribution in [0, 0.1) is 0 Å². The maximum absolute atomic E-state index is 13.0. The molecule has 8 heteroatoms. The zero-order valence-corrected chi connectivity index (χ0v) is 24.1. The van der Waals surface area contributed by atoms with E-state index in [0.29, 0.717) is 23.6 Å². The molecule has 0 radical (unpaired) electrons. The zero-order chi connectivity index (χ0) is 29.1. The van der Waals surface area contributed by atoms with Crippen LogP contribution in [0.15, 0.2) is 60.4 Å². The Balaban J connectivity index is 2.18. The van der Waals surface area contributed by atoms with E-state index in [1.165, 1.54) is 12.8 Å². The van der Waals surface area contributed by atoms with Gasteiger partial charge in [-0.3, -0.25) is 4.79 Å². The summed E-state index contributed by atoms with van der Waals surface area (Å²) in [5, 5.41) is 2.80. The van der Waals surface area contributed by atoms with Crippen LogP contribution < -0.4 is 14.8 Å².